The van der Waals surface area contributed by atoms with Crippen molar-refractivity contribution in [3.8, 4) is 0 Å². The molecule has 0 bridgehead atoms. The van der Waals surface area contributed by atoms with Crippen LogP contribution in [-0.4, -0.2) is 10.0 Å². The molecule has 0 unspecified atom stereocenters. The van der Waals surface area contributed by atoms with Gasteiger partial charge in [0.15, 0.2) is 0 Å². The lowest BCUT2D eigenvalue weighted by atomic mass is 10.2. The van der Waals surface area contributed by atoms with Crippen molar-refractivity contribution in [3.05, 3.63) is 57.7 Å². The molecule has 0 saturated heterocycles. The predicted octanol–water partition coefficient (Wildman–Crippen LogP) is 2.09. The number of carbonyl (C=O) groups excluding carboxylic acids is 1. The molecule has 5 heteroatoms. The average Bonchev–Trinajstić information content (AvgIpc) is 2.74. The van der Waals surface area contributed by atoms with E-state index in [9.17, 15) is 9.59 Å². The summed E-state index contributed by atoms with van der Waals surface area (Å²) in [6.07, 6.45) is -0.635. The van der Waals surface area contributed by atoms with E-state index in [0.717, 1.165) is 21.1 Å². The Morgan fingerprint density at radius 1 is 1.25 bits per heavy atom. The van der Waals surface area contributed by atoms with Crippen molar-refractivity contribution in [1.29, 1.82) is 0 Å². The maximum atomic E-state index is 11.5. The van der Waals surface area contributed by atoms with Crippen molar-refractivity contribution in [2.45, 2.75) is 6.61 Å². The van der Waals surface area contributed by atoms with Crippen molar-refractivity contribution in [1.82, 2.24) is 3.96 Å². The first-order chi connectivity index (χ1) is 7.77. The quantitative estimate of drug-likeness (QED) is 0.800. The highest BCUT2D eigenvalue weighted by Crippen LogP contribution is 2.02. The van der Waals surface area contributed by atoms with Gasteiger partial charge in [-0.2, -0.15) is 3.96 Å². The highest BCUT2D eigenvalue weighted by atomic mass is 32.1. The molecule has 0 atom stereocenters. The fourth-order valence-corrected chi connectivity index (χ4v) is 1.78. The van der Waals surface area contributed by atoms with Gasteiger partial charge in [-0.1, -0.05) is 41.9 Å². The minimum absolute atomic E-state index is 0.171. The lowest BCUT2D eigenvalue weighted by molar-refractivity contribution is 0.143. The van der Waals surface area contributed by atoms with Crippen LogP contribution in [0.2, 0.25) is 0 Å². The number of nitrogens with zero attached hydrogens (tertiary/aromatic N) is 1. The molecule has 1 aromatic carbocycles. The second kappa shape index (κ2) is 4.76. The smallest absolute Gasteiger partial charge is 0.431 e. The predicted molar refractivity (Wildman–Crippen MR) is 60.6 cm³/mol. The van der Waals surface area contributed by atoms with Gasteiger partial charge in [-0.05, 0) is 5.56 Å². The zero-order valence-corrected chi connectivity index (χ0v) is 9.15. The van der Waals surface area contributed by atoms with E-state index in [2.05, 4.69) is 0 Å². The molecule has 0 saturated carbocycles. The van der Waals surface area contributed by atoms with Gasteiger partial charge in [0.25, 0.3) is 5.56 Å². The van der Waals surface area contributed by atoms with Crippen LogP contribution in [0.3, 0.4) is 0 Å². The van der Waals surface area contributed by atoms with Crippen molar-refractivity contribution in [3.63, 3.8) is 0 Å². The van der Waals surface area contributed by atoms with E-state index in [1.54, 1.807) is 5.38 Å². The van der Waals surface area contributed by atoms with Gasteiger partial charge in [0.2, 0.25) is 0 Å². The van der Waals surface area contributed by atoms with Crippen LogP contribution >= 0.6 is 11.5 Å². The molecule has 0 aliphatic heterocycles. The fraction of sp³-hybridized carbons (Fsp3) is 0.0909. The Bertz CT molecular complexity index is 529. The molecule has 1 heterocycles. The van der Waals surface area contributed by atoms with Gasteiger partial charge in [-0.25, -0.2) is 4.79 Å². The Labute approximate surface area is 95.9 Å². The monoisotopic (exact) mass is 235 g/mol. The van der Waals surface area contributed by atoms with E-state index in [1.807, 2.05) is 30.3 Å². The van der Waals surface area contributed by atoms with E-state index in [-0.39, 0.29) is 12.2 Å². The maximum absolute atomic E-state index is 11.5. The first-order valence-electron chi connectivity index (χ1n) is 4.65. The molecule has 4 nitrogen and oxygen atoms in total. The number of hydrogen-bond acceptors (Lipinski definition) is 4. The Morgan fingerprint density at radius 3 is 2.62 bits per heavy atom. The molecule has 0 fully saturated rings. The van der Waals surface area contributed by atoms with Gasteiger partial charge in [-0.3, -0.25) is 4.79 Å². The number of ether oxygens (including phenoxy) is 1. The third kappa shape index (κ3) is 2.38. The summed E-state index contributed by atoms with van der Waals surface area (Å²) >= 11 is 1.02. The summed E-state index contributed by atoms with van der Waals surface area (Å²) in [5.41, 5.74) is 0.531. The summed E-state index contributed by atoms with van der Waals surface area (Å²) < 4.78 is 5.96. The summed E-state index contributed by atoms with van der Waals surface area (Å²) in [7, 11) is 0. The summed E-state index contributed by atoms with van der Waals surface area (Å²) in [6, 6.07) is 10.6. The van der Waals surface area contributed by atoms with Crippen LogP contribution in [0.4, 0.5) is 4.79 Å². The van der Waals surface area contributed by atoms with E-state index in [1.165, 1.54) is 6.07 Å². The summed E-state index contributed by atoms with van der Waals surface area (Å²) in [4.78, 5) is 22.6. The van der Waals surface area contributed by atoms with Gasteiger partial charge >= 0.3 is 6.09 Å². The van der Waals surface area contributed by atoms with Crippen LogP contribution in [0.25, 0.3) is 0 Å². The third-order valence-electron chi connectivity index (χ3n) is 1.95. The summed E-state index contributed by atoms with van der Waals surface area (Å²) in [6.45, 7) is 0.171. The number of aromatic nitrogens is 1. The zero-order valence-electron chi connectivity index (χ0n) is 8.33. The molecular formula is C11H9NO3S. The molecule has 0 N–H and O–H groups in total. The van der Waals surface area contributed by atoms with Gasteiger partial charge in [-0.15, -0.1) is 0 Å². The van der Waals surface area contributed by atoms with E-state index >= 15 is 0 Å². The molecular weight excluding hydrogens is 226 g/mol. The molecule has 0 aliphatic rings. The Balaban J connectivity index is 2.00. The van der Waals surface area contributed by atoms with Crippen molar-refractivity contribution < 1.29 is 9.53 Å². The zero-order chi connectivity index (χ0) is 11.4. The molecule has 2 rings (SSSR count). The third-order valence-corrected chi connectivity index (χ3v) is 2.75. The summed E-state index contributed by atoms with van der Waals surface area (Å²) in [5, 5.41) is 1.55. The first kappa shape index (κ1) is 10.6. The Kier molecular flexibility index (Phi) is 3.16. The Morgan fingerprint density at radius 2 is 2.00 bits per heavy atom. The van der Waals surface area contributed by atoms with Crippen molar-refractivity contribution in [2.75, 3.05) is 0 Å². The first-order valence-corrected chi connectivity index (χ1v) is 5.49. The molecule has 0 amide bonds. The van der Waals surface area contributed by atoms with Gasteiger partial charge in [0, 0.05) is 11.4 Å². The number of benzene rings is 1. The van der Waals surface area contributed by atoms with Gasteiger partial charge in [0.05, 0.1) is 0 Å². The van der Waals surface area contributed by atoms with E-state index in [0.29, 0.717) is 0 Å². The van der Waals surface area contributed by atoms with E-state index in [4.69, 9.17) is 4.74 Å². The van der Waals surface area contributed by atoms with Gasteiger partial charge in [0.1, 0.15) is 6.61 Å². The average molecular weight is 235 g/mol. The lowest BCUT2D eigenvalue weighted by Gasteiger charge is -2.03. The topological polar surface area (TPSA) is 48.3 Å². The highest BCUT2D eigenvalue weighted by Gasteiger charge is 2.08. The molecule has 0 aliphatic carbocycles. The second-order valence-electron chi connectivity index (χ2n) is 3.08. The molecule has 0 spiro atoms. The SMILES string of the molecule is O=C(OCc1ccccc1)n1sccc1=O. The van der Waals surface area contributed by atoms with Crippen LogP contribution in [0.15, 0.2) is 46.6 Å². The largest absolute Gasteiger partial charge is 0.443 e. The molecule has 16 heavy (non-hydrogen) atoms. The molecule has 82 valence electrons. The Hall–Kier alpha value is -1.88. The standard InChI is InChI=1S/C11H9NO3S/c13-10-6-7-16-12(10)11(14)15-8-9-4-2-1-3-5-9/h1-7H,8H2. The second-order valence-corrected chi connectivity index (χ2v) is 3.93. The number of rotatable bonds is 2. The molecule has 0 radical (unpaired) electrons. The number of hydrogen-bond donors (Lipinski definition) is 0. The van der Waals surface area contributed by atoms with Gasteiger partial charge < -0.3 is 4.74 Å². The van der Waals surface area contributed by atoms with Crippen LogP contribution in [0, 0.1) is 0 Å². The number of carbonyl (C=O) groups is 1. The molecule has 1 aromatic heterocycles. The maximum Gasteiger partial charge on any atom is 0.431 e. The molecule has 2 aromatic rings. The normalized spacial score (nSPS) is 10.0. The summed E-state index contributed by atoms with van der Waals surface area (Å²) in [5.74, 6) is 0. The minimum Gasteiger partial charge on any atom is -0.443 e. The minimum atomic E-state index is -0.635. The van der Waals surface area contributed by atoms with E-state index < -0.39 is 6.09 Å². The van der Waals surface area contributed by atoms with Crippen LogP contribution < -0.4 is 5.56 Å². The highest BCUT2D eigenvalue weighted by molar-refractivity contribution is 7.05. The van der Waals surface area contributed by atoms with Crippen LogP contribution in [-0.2, 0) is 11.3 Å². The van der Waals surface area contributed by atoms with Crippen LogP contribution in [0.1, 0.15) is 5.56 Å². The van der Waals surface area contributed by atoms with Crippen molar-refractivity contribution in [2.24, 2.45) is 0 Å². The fourth-order valence-electron chi connectivity index (χ4n) is 1.18. The van der Waals surface area contributed by atoms with Crippen LogP contribution in [0.5, 0.6) is 0 Å². The van der Waals surface area contributed by atoms with Crippen molar-refractivity contribution >= 4 is 17.6 Å². The lowest BCUT2D eigenvalue weighted by Crippen LogP contribution is -2.21.